The highest BCUT2D eigenvalue weighted by molar-refractivity contribution is 7.89. The minimum atomic E-state index is -3.80. The van der Waals surface area contributed by atoms with Crippen LogP contribution in [0.25, 0.3) is 0 Å². The van der Waals surface area contributed by atoms with Gasteiger partial charge in [0.2, 0.25) is 10.0 Å². The van der Waals surface area contributed by atoms with Gasteiger partial charge in [-0.1, -0.05) is 26.8 Å². The number of amides is 3. The summed E-state index contributed by atoms with van der Waals surface area (Å²) in [4.78, 5) is 35.8. The van der Waals surface area contributed by atoms with Crippen LogP contribution < -0.4 is 10.6 Å². The maximum absolute atomic E-state index is 13.4. The number of urea groups is 1. The van der Waals surface area contributed by atoms with Crippen LogP contribution in [0.15, 0.2) is 29.2 Å². The summed E-state index contributed by atoms with van der Waals surface area (Å²) in [5.41, 5.74) is 0.0232. The van der Waals surface area contributed by atoms with Crippen molar-refractivity contribution in [3.63, 3.8) is 0 Å². The van der Waals surface area contributed by atoms with Crippen LogP contribution in [0.2, 0.25) is 0 Å². The molecule has 1 heterocycles. The molecule has 10 heteroatoms. The number of fused-ring (bicyclic) bond motifs is 2. The number of benzene rings is 1. The molecule has 1 saturated carbocycles. The molecule has 1 aliphatic heterocycles. The second-order valence-electron chi connectivity index (χ2n) is 10.5. The van der Waals surface area contributed by atoms with Crippen LogP contribution >= 0.6 is 0 Å². The zero-order chi connectivity index (χ0) is 24.6. The molecule has 2 unspecified atom stereocenters. The molecular weight excluding hydrogens is 446 g/mol. The van der Waals surface area contributed by atoms with Gasteiger partial charge in [0.1, 0.15) is 0 Å². The van der Waals surface area contributed by atoms with E-state index in [9.17, 15) is 22.8 Å². The molecule has 182 valence electrons. The zero-order valence-electron chi connectivity index (χ0n) is 19.8. The minimum absolute atomic E-state index is 0.0178. The third-order valence-electron chi connectivity index (χ3n) is 6.05. The highest BCUT2D eigenvalue weighted by Gasteiger charge is 2.53. The topological polar surface area (TPSA) is 122 Å². The molecule has 1 aromatic carbocycles. The van der Waals surface area contributed by atoms with E-state index in [2.05, 4.69) is 31.4 Å². The fraction of sp³-hybridized carbons (Fsp3) is 0.609. The molecule has 9 nitrogen and oxygen atoms in total. The van der Waals surface area contributed by atoms with Crippen molar-refractivity contribution in [3.05, 3.63) is 29.8 Å². The van der Waals surface area contributed by atoms with Gasteiger partial charge >= 0.3 is 12.0 Å². The van der Waals surface area contributed by atoms with Crippen LogP contribution in [0.5, 0.6) is 0 Å². The van der Waals surface area contributed by atoms with Gasteiger partial charge in [0.05, 0.1) is 10.5 Å². The van der Waals surface area contributed by atoms with Crippen molar-refractivity contribution in [2.24, 2.45) is 10.8 Å². The number of carbonyl (C=O) groups excluding carboxylic acids is 3. The first-order valence-electron chi connectivity index (χ1n) is 11.1. The summed E-state index contributed by atoms with van der Waals surface area (Å²) in [6.07, 6.45) is 2.59. The largest absolute Gasteiger partial charge is 0.452 e. The number of nitrogens with zero attached hydrogens (tertiary/aromatic N) is 1. The second kappa shape index (κ2) is 9.06. The number of imide groups is 1. The molecule has 33 heavy (non-hydrogen) atoms. The van der Waals surface area contributed by atoms with Gasteiger partial charge in [-0.15, -0.1) is 0 Å². The molecule has 3 amide bonds. The Labute approximate surface area is 195 Å². The third-order valence-corrected chi connectivity index (χ3v) is 7.94. The summed E-state index contributed by atoms with van der Waals surface area (Å²) in [5, 5.41) is 4.54. The molecule has 1 aliphatic carbocycles. The molecule has 3 rings (SSSR count). The third kappa shape index (κ3) is 5.92. The Hall–Kier alpha value is -2.46. The summed E-state index contributed by atoms with van der Waals surface area (Å²) in [6, 6.07) is 4.73. The Morgan fingerprint density at radius 2 is 1.88 bits per heavy atom. The van der Waals surface area contributed by atoms with Crippen LogP contribution in [0.1, 0.15) is 64.2 Å². The molecule has 1 saturated heterocycles. The average Bonchev–Trinajstić information content (AvgIpc) is 2.94. The van der Waals surface area contributed by atoms with Crippen molar-refractivity contribution in [2.45, 2.75) is 70.9 Å². The first-order valence-corrected chi connectivity index (χ1v) is 12.5. The van der Waals surface area contributed by atoms with Crippen LogP contribution in [0.3, 0.4) is 0 Å². The highest BCUT2D eigenvalue weighted by atomic mass is 32.2. The lowest BCUT2D eigenvalue weighted by atomic mass is 9.65. The molecule has 0 radical (unpaired) electrons. The number of hydrogen-bond acceptors (Lipinski definition) is 6. The number of rotatable bonds is 6. The zero-order valence-corrected chi connectivity index (χ0v) is 20.6. The number of esters is 1. The van der Waals surface area contributed by atoms with E-state index in [0.29, 0.717) is 6.54 Å². The number of ether oxygens (including phenoxy) is 1. The van der Waals surface area contributed by atoms with Crippen LogP contribution in [-0.2, 0) is 19.6 Å². The van der Waals surface area contributed by atoms with E-state index in [1.807, 2.05) is 0 Å². The standard InChI is InChI=1S/C23H33N3O6S/c1-15(2)24-21(29)25-19(27)12-32-20(28)16-7-6-8-18(9-16)33(30,31)26-14-23(5)11-17(26)10-22(3,4)13-23/h6-9,15,17H,10-14H2,1-5H3,(H2,24,25,27,29). The SMILES string of the molecule is CC(C)NC(=O)NC(=O)COC(=O)c1cccc(S(=O)(=O)N2CC3(C)CC2CC(C)(C)C3)c1. The van der Waals surface area contributed by atoms with Crippen molar-refractivity contribution in [3.8, 4) is 0 Å². The van der Waals surface area contributed by atoms with Crippen molar-refractivity contribution < 1.29 is 27.5 Å². The van der Waals surface area contributed by atoms with Crippen LogP contribution in [0.4, 0.5) is 4.79 Å². The normalized spacial score (nSPS) is 24.4. The predicted octanol–water partition coefficient (Wildman–Crippen LogP) is 2.67. The van der Waals surface area contributed by atoms with Crippen molar-refractivity contribution >= 4 is 27.9 Å². The summed E-state index contributed by atoms with van der Waals surface area (Å²) in [5.74, 6) is -1.63. The van der Waals surface area contributed by atoms with E-state index >= 15 is 0 Å². The molecule has 0 spiro atoms. The van der Waals surface area contributed by atoms with E-state index in [-0.39, 0.29) is 33.4 Å². The van der Waals surface area contributed by atoms with Gasteiger partial charge in [-0.2, -0.15) is 4.31 Å². The van der Waals surface area contributed by atoms with E-state index in [0.717, 1.165) is 19.3 Å². The number of carbonyl (C=O) groups is 3. The van der Waals surface area contributed by atoms with Gasteiger partial charge < -0.3 is 10.1 Å². The first-order chi connectivity index (χ1) is 15.2. The quantitative estimate of drug-likeness (QED) is 0.605. The number of hydrogen-bond donors (Lipinski definition) is 2. The monoisotopic (exact) mass is 479 g/mol. The molecular formula is C23H33N3O6S. The van der Waals surface area contributed by atoms with Gasteiger partial charge in [0, 0.05) is 18.6 Å². The smallest absolute Gasteiger partial charge is 0.338 e. The lowest BCUT2D eigenvalue weighted by Gasteiger charge is -2.39. The summed E-state index contributed by atoms with van der Waals surface area (Å²) in [6.45, 7) is 9.75. The van der Waals surface area contributed by atoms with Gasteiger partial charge in [-0.25, -0.2) is 18.0 Å². The Bertz CT molecular complexity index is 1050. The van der Waals surface area contributed by atoms with Crippen molar-refractivity contribution in [2.75, 3.05) is 13.2 Å². The van der Waals surface area contributed by atoms with Gasteiger partial charge in [0.25, 0.3) is 5.91 Å². The first kappa shape index (κ1) is 25.2. The van der Waals surface area contributed by atoms with Crippen molar-refractivity contribution in [1.29, 1.82) is 0 Å². The maximum Gasteiger partial charge on any atom is 0.338 e. The molecule has 2 fully saturated rings. The van der Waals surface area contributed by atoms with E-state index < -0.39 is 34.5 Å². The van der Waals surface area contributed by atoms with Crippen molar-refractivity contribution in [1.82, 2.24) is 14.9 Å². The van der Waals surface area contributed by atoms with E-state index in [1.165, 1.54) is 24.3 Å². The summed E-state index contributed by atoms with van der Waals surface area (Å²) in [7, 11) is -3.80. The highest BCUT2D eigenvalue weighted by Crippen LogP contribution is 2.53. The van der Waals surface area contributed by atoms with Gasteiger partial charge in [-0.05, 0) is 62.1 Å². The molecule has 2 atom stereocenters. The minimum Gasteiger partial charge on any atom is -0.452 e. The predicted molar refractivity (Wildman–Crippen MR) is 122 cm³/mol. The molecule has 2 N–H and O–H groups in total. The summed E-state index contributed by atoms with van der Waals surface area (Å²) >= 11 is 0. The van der Waals surface area contributed by atoms with Gasteiger partial charge in [0.15, 0.2) is 6.61 Å². The fourth-order valence-corrected chi connectivity index (χ4v) is 7.10. The lowest BCUT2D eigenvalue weighted by Crippen LogP contribution is -2.44. The Morgan fingerprint density at radius 1 is 1.18 bits per heavy atom. The van der Waals surface area contributed by atoms with E-state index in [4.69, 9.17) is 4.74 Å². The van der Waals surface area contributed by atoms with Gasteiger partial charge in [-0.3, -0.25) is 10.1 Å². The summed E-state index contributed by atoms with van der Waals surface area (Å²) < 4.78 is 33.4. The fourth-order valence-electron chi connectivity index (χ4n) is 5.28. The molecule has 2 bridgehead atoms. The molecule has 1 aromatic rings. The maximum atomic E-state index is 13.4. The van der Waals surface area contributed by atoms with Crippen LogP contribution in [-0.4, -0.2) is 55.9 Å². The Morgan fingerprint density at radius 3 is 2.55 bits per heavy atom. The Balaban J connectivity index is 1.68. The number of nitrogens with one attached hydrogen (secondary N) is 2. The molecule has 0 aromatic heterocycles. The van der Waals surface area contributed by atoms with E-state index in [1.54, 1.807) is 18.2 Å². The number of sulfonamides is 1. The average molecular weight is 480 g/mol. The van der Waals surface area contributed by atoms with Crippen LogP contribution in [0, 0.1) is 10.8 Å². The second-order valence-corrected chi connectivity index (χ2v) is 12.4. The Kier molecular flexibility index (Phi) is 6.91. The molecule has 2 aliphatic rings. The lowest BCUT2D eigenvalue weighted by molar-refractivity contribution is -0.123.